The van der Waals surface area contributed by atoms with Gasteiger partial charge in [0.1, 0.15) is 5.15 Å². The second-order valence-electron chi connectivity index (χ2n) is 7.18. The van der Waals surface area contributed by atoms with Gasteiger partial charge in [-0.15, -0.1) is 0 Å². The van der Waals surface area contributed by atoms with Crippen molar-refractivity contribution in [1.82, 2.24) is 18.9 Å². The molecule has 1 aliphatic carbocycles. The van der Waals surface area contributed by atoms with E-state index in [1.807, 2.05) is 22.9 Å². The van der Waals surface area contributed by atoms with Gasteiger partial charge in [-0.05, 0) is 49.9 Å². The molecular weight excluding hydrogens is 403 g/mol. The monoisotopic (exact) mass is 424 g/mol. The van der Waals surface area contributed by atoms with E-state index in [-0.39, 0.29) is 0 Å². The van der Waals surface area contributed by atoms with Gasteiger partial charge in [0.15, 0.2) is 0 Å². The highest BCUT2D eigenvalue weighted by atomic mass is 35.5. The molecular formula is C20H23Cl3N4. The third kappa shape index (κ3) is 3.73. The molecule has 0 N–H and O–H groups in total. The summed E-state index contributed by atoms with van der Waals surface area (Å²) < 4.78 is 4.00. The molecule has 7 heteroatoms. The van der Waals surface area contributed by atoms with E-state index in [2.05, 4.69) is 23.1 Å². The molecule has 4 rings (SSSR count). The fourth-order valence-electron chi connectivity index (χ4n) is 3.57. The van der Waals surface area contributed by atoms with E-state index in [1.54, 1.807) is 6.07 Å². The topological polar surface area (TPSA) is 25.5 Å². The summed E-state index contributed by atoms with van der Waals surface area (Å²) >= 11 is 19.1. The molecule has 2 aromatic heterocycles. The van der Waals surface area contributed by atoms with E-state index in [0.717, 1.165) is 49.1 Å². The minimum atomic E-state index is 0.550. The lowest BCUT2D eigenvalue weighted by molar-refractivity contribution is 0.264. The third-order valence-corrected chi connectivity index (χ3v) is 6.05. The van der Waals surface area contributed by atoms with Crippen molar-refractivity contribution in [3.8, 4) is 5.69 Å². The third-order valence-electron chi connectivity index (χ3n) is 5.24. The van der Waals surface area contributed by atoms with E-state index in [4.69, 9.17) is 39.8 Å². The van der Waals surface area contributed by atoms with Crippen LogP contribution in [0.1, 0.15) is 38.1 Å². The number of hydrogen-bond acceptors (Lipinski definition) is 2. The van der Waals surface area contributed by atoms with Gasteiger partial charge in [0.05, 0.1) is 22.1 Å². The van der Waals surface area contributed by atoms with Crippen molar-refractivity contribution in [1.29, 1.82) is 0 Å². The van der Waals surface area contributed by atoms with Gasteiger partial charge in [-0.3, -0.25) is 13.9 Å². The van der Waals surface area contributed by atoms with Gasteiger partial charge in [0.2, 0.25) is 5.78 Å². The lowest BCUT2D eigenvalue weighted by Gasteiger charge is -2.20. The van der Waals surface area contributed by atoms with Crippen molar-refractivity contribution in [3.63, 3.8) is 0 Å². The highest BCUT2D eigenvalue weighted by Gasteiger charge is 2.26. The second kappa shape index (κ2) is 7.67. The average Bonchev–Trinajstić information content (AvgIpc) is 3.32. The van der Waals surface area contributed by atoms with Crippen molar-refractivity contribution < 1.29 is 0 Å². The van der Waals surface area contributed by atoms with Crippen LogP contribution in [-0.4, -0.2) is 31.9 Å². The Morgan fingerprint density at radius 2 is 1.96 bits per heavy atom. The summed E-state index contributed by atoms with van der Waals surface area (Å²) in [5.41, 5.74) is 3.10. The first-order chi connectivity index (χ1) is 13.0. The number of aromatic nitrogens is 3. The first kappa shape index (κ1) is 19.1. The lowest BCUT2D eigenvalue weighted by atomic mass is 10.2. The van der Waals surface area contributed by atoms with Gasteiger partial charge in [0, 0.05) is 24.3 Å². The summed E-state index contributed by atoms with van der Waals surface area (Å²) in [6, 6.07) is 5.42. The van der Waals surface area contributed by atoms with Gasteiger partial charge in [-0.2, -0.15) is 0 Å². The Kier molecular flexibility index (Phi) is 5.43. The molecule has 1 saturated carbocycles. The van der Waals surface area contributed by atoms with Crippen molar-refractivity contribution in [2.24, 2.45) is 5.92 Å². The number of benzene rings is 1. The maximum Gasteiger partial charge on any atom is 0.220 e. The first-order valence-corrected chi connectivity index (χ1v) is 10.6. The van der Waals surface area contributed by atoms with Crippen LogP contribution >= 0.6 is 34.8 Å². The van der Waals surface area contributed by atoms with Crippen LogP contribution < -0.4 is 0 Å². The molecule has 144 valence electrons. The predicted octanol–water partition coefficient (Wildman–Crippen LogP) is 5.88. The molecule has 3 aromatic rings. The zero-order valence-electron chi connectivity index (χ0n) is 15.6. The van der Waals surface area contributed by atoms with Gasteiger partial charge in [0.25, 0.3) is 0 Å². The summed E-state index contributed by atoms with van der Waals surface area (Å²) in [6.45, 7) is 7.43. The second-order valence-corrected chi connectivity index (χ2v) is 8.41. The number of fused-ring (bicyclic) bond motifs is 1. The Morgan fingerprint density at radius 1 is 1.19 bits per heavy atom. The summed E-state index contributed by atoms with van der Waals surface area (Å²) in [7, 11) is 0. The Morgan fingerprint density at radius 3 is 2.59 bits per heavy atom. The first-order valence-electron chi connectivity index (χ1n) is 9.46. The Bertz CT molecular complexity index is 971. The molecule has 0 amide bonds. The van der Waals surface area contributed by atoms with Gasteiger partial charge < -0.3 is 0 Å². The lowest BCUT2D eigenvalue weighted by Crippen LogP contribution is -2.26. The predicted molar refractivity (Wildman–Crippen MR) is 113 cm³/mol. The molecule has 4 nitrogen and oxygen atoms in total. The quantitative estimate of drug-likeness (QED) is 0.472. The van der Waals surface area contributed by atoms with Gasteiger partial charge >= 0.3 is 0 Å². The minimum absolute atomic E-state index is 0.550. The normalized spacial score (nSPS) is 14.6. The SMILES string of the molecule is CCc1nc2n(-c3ccc(Cl)cc3Cl)c(Cl)cn2c1CN(CC)CC1CC1. The molecule has 0 saturated heterocycles. The molecule has 0 unspecified atom stereocenters. The van der Waals surface area contributed by atoms with Crippen LogP contribution in [0.3, 0.4) is 0 Å². The summed E-state index contributed by atoms with van der Waals surface area (Å²) in [4.78, 5) is 7.40. The van der Waals surface area contributed by atoms with E-state index < -0.39 is 0 Å². The minimum Gasteiger partial charge on any atom is -0.298 e. The number of aryl methyl sites for hydroxylation is 1. The van der Waals surface area contributed by atoms with Crippen molar-refractivity contribution in [2.75, 3.05) is 13.1 Å². The molecule has 0 bridgehead atoms. The van der Waals surface area contributed by atoms with Crippen LogP contribution in [-0.2, 0) is 13.0 Å². The smallest absolute Gasteiger partial charge is 0.220 e. The van der Waals surface area contributed by atoms with Crippen molar-refractivity contribution in [2.45, 2.75) is 39.7 Å². The molecule has 2 heterocycles. The largest absolute Gasteiger partial charge is 0.298 e. The maximum absolute atomic E-state index is 6.58. The fourth-order valence-corrected chi connectivity index (χ4v) is 4.33. The molecule has 1 aromatic carbocycles. The molecule has 0 atom stereocenters. The van der Waals surface area contributed by atoms with Crippen LogP contribution in [0.5, 0.6) is 0 Å². The number of imidazole rings is 2. The van der Waals surface area contributed by atoms with E-state index in [0.29, 0.717) is 15.2 Å². The molecule has 1 fully saturated rings. The van der Waals surface area contributed by atoms with Crippen molar-refractivity contribution in [3.05, 3.63) is 51.0 Å². The van der Waals surface area contributed by atoms with Crippen molar-refractivity contribution >= 4 is 40.6 Å². The number of rotatable bonds is 7. The number of nitrogens with zero attached hydrogens (tertiary/aromatic N) is 4. The zero-order chi connectivity index (χ0) is 19.1. The highest BCUT2D eigenvalue weighted by Crippen LogP contribution is 2.32. The van der Waals surface area contributed by atoms with Crippen LogP contribution in [0.4, 0.5) is 0 Å². The standard InChI is InChI=1S/C20H23Cl3N4/c1-3-16-18(11-25(4-2)10-13-5-6-13)26-12-19(23)27(20(26)24-16)17-8-7-14(21)9-15(17)22/h7-9,12-13H,3-6,10-11H2,1-2H3. The van der Waals surface area contributed by atoms with E-state index >= 15 is 0 Å². The van der Waals surface area contributed by atoms with Gasteiger partial charge in [-0.25, -0.2) is 4.98 Å². The molecule has 0 aliphatic heterocycles. The van der Waals surface area contributed by atoms with Crippen LogP contribution in [0.15, 0.2) is 24.4 Å². The fraction of sp³-hybridized carbons (Fsp3) is 0.450. The number of hydrogen-bond donors (Lipinski definition) is 0. The Hall–Kier alpha value is -1.20. The van der Waals surface area contributed by atoms with Crippen LogP contribution in [0.2, 0.25) is 15.2 Å². The Balaban J connectivity index is 1.79. The molecule has 1 aliphatic rings. The summed E-state index contributed by atoms with van der Waals surface area (Å²) in [5, 5.41) is 1.73. The Labute approximate surface area is 174 Å². The summed E-state index contributed by atoms with van der Waals surface area (Å²) in [6.07, 6.45) is 5.53. The molecule has 27 heavy (non-hydrogen) atoms. The van der Waals surface area contributed by atoms with Crippen LogP contribution in [0, 0.1) is 5.92 Å². The molecule has 0 spiro atoms. The van der Waals surface area contributed by atoms with E-state index in [9.17, 15) is 0 Å². The van der Waals surface area contributed by atoms with E-state index in [1.165, 1.54) is 18.5 Å². The summed E-state index contributed by atoms with van der Waals surface area (Å²) in [5.74, 6) is 1.65. The average molecular weight is 426 g/mol. The number of halogens is 3. The van der Waals surface area contributed by atoms with Crippen LogP contribution in [0.25, 0.3) is 11.5 Å². The van der Waals surface area contributed by atoms with Gasteiger partial charge in [-0.1, -0.05) is 48.7 Å². The molecule has 0 radical (unpaired) electrons. The zero-order valence-corrected chi connectivity index (χ0v) is 17.8. The highest BCUT2D eigenvalue weighted by molar-refractivity contribution is 6.36. The maximum atomic E-state index is 6.58.